The minimum atomic E-state index is -0.435. The van der Waals surface area contributed by atoms with Gasteiger partial charge in [0.1, 0.15) is 11.5 Å². The van der Waals surface area contributed by atoms with Crippen LogP contribution < -0.4 is 4.74 Å². The summed E-state index contributed by atoms with van der Waals surface area (Å²) in [5.74, 6) is 0.614. The van der Waals surface area contributed by atoms with Gasteiger partial charge in [-0.2, -0.15) is 0 Å². The summed E-state index contributed by atoms with van der Waals surface area (Å²) < 4.78 is 5.49. The van der Waals surface area contributed by atoms with Crippen LogP contribution in [0, 0.1) is 5.41 Å². The van der Waals surface area contributed by atoms with E-state index < -0.39 is 5.41 Å². The molecule has 2 aromatic rings. The summed E-state index contributed by atoms with van der Waals surface area (Å²) in [6.07, 6.45) is 1.52. The Morgan fingerprint density at radius 1 is 0.955 bits per heavy atom. The Morgan fingerprint density at radius 3 is 1.86 bits per heavy atom. The van der Waals surface area contributed by atoms with E-state index in [-0.39, 0.29) is 11.7 Å². The minimum Gasteiger partial charge on any atom is -0.508 e. The summed E-state index contributed by atoms with van der Waals surface area (Å²) in [4.78, 5) is 12.2. The molecule has 0 spiro atoms. The molecule has 0 saturated carbocycles. The number of esters is 1. The molecule has 3 heteroatoms. The average Bonchev–Trinajstić information content (AvgIpc) is 2.55. The topological polar surface area (TPSA) is 46.5 Å². The van der Waals surface area contributed by atoms with Gasteiger partial charge < -0.3 is 9.84 Å². The van der Waals surface area contributed by atoms with Crippen LogP contribution in [0.5, 0.6) is 11.5 Å². The second-order valence-electron chi connectivity index (χ2n) is 5.73. The molecule has 0 bridgehead atoms. The van der Waals surface area contributed by atoms with Crippen LogP contribution in [-0.4, -0.2) is 11.1 Å². The van der Waals surface area contributed by atoms with Gasteiger partial charge in [-0.15, -0.1) is 0 Å². The molecular formula is C19H22O3. The van der Waals surface area contributed by atoms with Crippen LogP contribution in [0.15, 0.2) is 48.5 Å². The third-order valence-electron chi connectivity index (χ3n) is 4.32. The van der Waals surface area contributed by atoms with Crippen LogP contribution in [0.1, 0.15) is 33.6 Å². The third-order valence-corrected chi connectivity index (χ3v) is 4.32. The SMILES string of the molecule is CCC(C)(CC)C(=O)Oc1ccc(-c2ccc(O)cc2)cc1. The van der Waals surface area contributed by atoms with Gasteiger partial charge in [0.15, 0.2) is 0 Å². The highest BCUT2D eigenvalue weighted by Crippen LogP contribution is 2.29. The lowest BCUT2D eigenvalue weighted by Crippen LogP contribution is -2.30. The summed E-state index contributed by atoms with van der Waals surface area (Å²) in [5, 5.41) is 9.31. The minimum absolute atomic E-state index is 0.185. The van der Waals surface area contributed by atoms with Gasteiger partial charge >= 0.3 is 5.97 Å². The average molecular weight is 298 g/mol. The first-order valence-electron chi connectivity index (χ1n) is 7.60. The molecule has 0 atom stereocenters. The maximum Gasteiger partial charge on any atom is 0.317 e. The van der Waals surface area contributed by atoms with Crippen molar-refractivity contribution in [2.24, 2.45) is 5.41 Å². The van der Waals surface area contributed by atoms with Crippen molar-refractivity contribution >= 4 is 5.97 Å². The molecule has 0 radical (unpaired) electrons. The molecule has 2 aromatic carbocycles. The largest absolute Gasteiger partial charge is 0.508 e. The molecule has 0 heterocycles. The highest BCUT2D eigenvalue weighted by Gasteiger charge is 2.31. The maximum atomic E-state index is 12.2. The summed E-state index contributed by atoms with van der Waals surface area (Å²) in [6, 6.07) is 14.4. The predicted octanol–water partition coefficient (Wildman–Crippen LogP) is 4.79. The lowest BCUT2D eigenvalue weighted by molar-refractivity contribution is -0.145. The van der Waals surface area contributed by atoms with Gasteiger partial charge in [-0.1, -0.05) is 38.1 Å². The zero-order valence-corrected chi connectivity index (χ0v) is 13.3. The van der Waals surface area contributed by atoms with Gasteiger partial charge in [0.25, 0.3) is 0 Å². The Balaban J connectivity index is 2.12. The number of phenolic OH excluding ortho intramolecular Hbond substituents is 1. The van der Waals surface area contributed by atoms with Crippen LogP contribution >= 0.6 is 0 Å². The van der Waals surface area contributed by atoms with Crippen molar-refractivity contribution in [3.8, 4) is 22.6 Å². The summed E-state index contributed by atoms with van der Waals surface area (Å²) >= 11 is 0. The fourth-order valence-corrected chi connectivity index (χ4v) is 2.14. The number of phenols is 1. The van der Waals surface area contributed by atoms with E-state index in [1.54, 1.807) is 24.3 Å². The van der Waals surface area contributed by atoms with Gasteiger partial charge in [-0.3, -0.25) is 4.79 Å². The molecule has 0 aliphatic carbocycles. The van der Waals surface area contributed by atoms with Crippen LogP contribution in [0.2, 0.25) is 0 Å². The molecule has 0 amide bonds. The van der Waals surface area contributed by atoms with E-state index in [1.165, 1.54) is 0 Å². The standard InChI is InChI=1S/C19H22O3/c1-4-19(3,5-2)18(21)22-17-12-8-15(9-13-17)14-6-10-16(20)11-7-14/h6-13,20H,4-5H2,1-3H3. The Labute approximate surface area is 131 Å². The number of hydrogen-bond acceptors (Lipinski definition) is 3. The van der Waals surface area contributed by atoms with E-state index in [1.807, 2.05) is 45.0 Å². The molecule has 0 aliphatic rings. The zero-order valence-electron chi connectivity index (χ0n) is 13.3. The van der Waals surface area contributed by atoms with Crippen molar-refractivity contribution < 1.29 is 14.6 Å². The van der Waals surface area contributed by atoms with E-state index in [0.717, 1.165) is 24.0 Å². The van der Waals surface area contributed by atoms with Gasteiger partial charge in [0.2, 0.25) is 0 Å². The fraction of sp³-hybridized carbons (Fsp3) is 0.316. The molecule has 0 unspecified atom stereocenters. The number of benzene rings is 2. The van der Waals surface area contributed by atoms with Crippen LogP contribution in [0.3, 0.4) is 0 Å². The zero-order chi connectivity index (χ0) is 16.2. The molecule has 3 nitrogen and oxygen atoms in total. The predicted molar refractivity (Wildman–Crippen MR) is 87.9 cm³/mol. The molecular weight excluding hydrogens is 276 g/mol. The smallest absolute Gasteiger partial charge is 0.317 e. The summed E-state index contributed by atoms with van der Waals surface area (Å²) in [7, 11) is 0. The van der Waals surface area contributed by atoms with E-state index in [9.17, 15) is 9.90 Å². The molecule has 1 N–H and O–H groups in total. The van der Waals surface area contributed by atoms with Crippen molar-refractivity contribution in [1.82, 2.24) is 0 Å². The Kier molecular flexibility index (Phi) is 4.86. The Morgan fingerprint density at radius 2 is 1.41 bits per heavy atom. The normalized spacial score (nSPS) is 11.2. The molecule has 22 heavy (non-hydrogen) atoms. The number of ether oxygens (including phenoxy) is 1. The van der Waals surface area contributed by atoms with Crippen molar-refractivity contribution in [2.45, 2.75) is 33.6 Å². The number of carbonyl (C=O) groups is 1. The number of carbonyl (C=O) groups excluding carboxylic acids is 1. The van der Waals surface area contributed by atoms with Crippen LogP contribution in [0.25, 0.3) is 11.1 Å². The van der Waals surface area contributed by atoms with Crippen LogP contribution in [-0.2, 0) is 4.79 Å². The fourth-order valence-electron chi connectivity index (χ4n) is 2.14. The molecule has 0 saturated heterocycles. The van der Waals surface area contributed by atoms with Gasteiger partial charge in [0.05, 0.1) is 5.41 Å². The molecule has 0 fully saturated rings. The van der Waals surface area contributed by atoms with Crippen molar-refractivity contribution in [3.05, 3.63) is 48.5 Å². The quantitative estimate of drug-likeness (QED) is 0.637. The summed E-state index contributed by atoms with van der Waals surface area (Å²) in [5.41, 5.74) is 1.58. The van der Waals surface area contributed by atoms with E-state index in [2.05, 4.69) is 0 Å². The Hall–Kier alpha value is -2.29. The lowest BCUT2D eigenvalue weighted by atomic mass is 9.85. The van der Waals surface area contributed by atoms with Crippen molar-refractivity contribution in [1.29, 1.82) is 0 Å². The molecule has 2 rings (SSSR count). The third kappa shape index (κ3) is 3.48. The Bertz CT molecular complexity index is 623. The second kappa shape index (κ2) is 6.65. The number of aromatic hydroxyl groups is 1. The van der Waals surface area contributed by atoms with E-state index in [4.69, 9.17) is 4.74 Å². The van der Waals surface area contributed by atoms with E-state index in [0.29, 0.717) is 5.75 Å². The lowest BCUT2D eigenvalue weighted by Gasteiger charge is -2.23. The molecule has 0 aromatic heterocycles. The monoisotopic (exact) mass is 298 g/mol. The van der Waals surface area contributed by atoms with Crippen molar-refractivity contribution in [2.75, 3.05) is 0 Å². The van der Waals surface area contributed by atoms with Crippen molar-refractivity contribution in [3.63, 3.8) is 0 Å². The van der Waals surface area contributed by atoms with E-state index >= 15 is 0 Å². The molecule has 0 aliphatic heterocycles. The number of rotatable bonds is 5. The number of hydrogen-bond donors (Lipinski definition) is 1. The van der Waals surface area contributed by atoms with Crippen LogP contribution in [0.4, 0.5) is 0 Å². The highest BCUT2D eigenvalue weighted by molar-refractivity contribution is 5.79. The first-order chi connectivity index (χ1) is 10.5. The van der Waals surface area contributed by atoms with Gasteiger partial charge in [0, 0.05) is 0 Å². The first-order valence-corrected chi connectivity index (χ1v) is 7.60. The van der Waals surface area contributed by atoms with Gasteiger partial charge in [-0.05, 0) is 55.2 Å². The first kappa shape index (κ1) is 16.1. The molecule has 116 valence electrons. The van der Waals surface area contributed by atoms with Gasteiger partial charge in [-0.25, -0.2) is 0 Å². The summed E-state index contributed by atoms with van der Waals surface area (Å²) in [6.45, 7) is 5.93. The highest BCUT2D eigenvalue weighted by atomic mass is 16.5. The maximum absolute atomic E-state index is 12.2. The second-order valence-corrected chi connectivity index (χ2v) is 5.73.